The molecule has 0 aliphatic carbocycles. The summed E-state index contributed by atoms with van der Waals surface area (Å²) in [6, 6.07) is -15.7. The van der Waals surface area contributed by atoms with E-state index in [-0.39, 0.29) is 75.3 Å². The van der Waals surface area contributed by atoms with Gasteiger partial charge in [-0.25, -0.2) is 9.78 Å². The molecule has 42 nitrogen and oxygen atoms in total. The number of rotatable bonds is 52. The third-order valence-electron chi connectivity index (χ3n) is 19.5. The summed E-state index contributed by atoms with van der Waals surface area (Å²) >= 11 is 1.36. The number of aromatic hydroxyl groups is 1. The van der Waals surface area contributed by atoms with Crippen LogP contribution in [0.5, 0.6) is 5.75 Å². The van der Waals surface area contributed by atoms with Crippen LogP contribution in [0, 0.1) is 23.7 Å². The van der Waals surface area contributed by atoms with Crippen LogP contribution in [0.25, 0.3) is 0 Å². The Morgan fingerprint density at radius 3 is 1.53 bits per heavy atom. The van der Waals surface area contributed by atoms with Gasteiger partial charge in [-0.2, -0.15) is 11.8 Å². The molecule has 0 unspecified atom stereocenters. The van der Waals surface area contributed by atoms with E-state index in [1.165, 1.54) is 53.5 Å². The van der Waals surface area contributed by atoms with Gasteiger partial charge in [-0.1, -0.05) is 73.9 Å². The summed E-state index contributed by atoms with van der Waals surface area (Å²) in [6.07, 6.45) is 2.40. The maximum atomic E-state index is 14.8. The number of aromatic nitrogens is 2. The molecule has 3 heterocycles. The zero-order valence-corrected chi connectivity index (χ0v) is 68.6. The van der Waals surface area contributed by atoms with E-state index in [1.54, 1.807) is 61.6 Å². The molecule has 15 atom stereocenters. The average Bonchev–Trinajstić information content (AvgIpc) is 1.61. The number of amides is 16. The predicted molar refractivity (Wildman–Crippen MR) is 423 cm³/mol. The molecule has 0 radical (unpaired) electrons. The summed E-state index contributed by atoms with van der Waals surface area (Å²) in [5, 5.41) is 85.9. The summed E-state index contributed by atoms with van der Waals surface area (Å²) < 4.78 is 0. The van der Waals surface area contributed by atoms with Crippen LogP contribution in [-0.2, 0) is 99.1 Å². The number of phenols is 1. The van der Waals surface area contributed by atoms with Crippen LogP contribution in [0.1, 0.15) is 150 Å². The van der Waals surface area contributed by atoms with Crippen LogP contribution in [0.2, 0.25) is 0 Å². The van der Waals surface area contributed by atoms with E-state index in [0.29, 0.717) is 37.1 Å². The molecule has 2 fully saturated rings. The van der Waals surface area contributed by atoms with Crippen molar-refractivity contribution in [3.8, 4) is 5.75 Å². The van der Waals surface area contributed by atoms with Gasteiger partial charge < -0.3 is 121 Å². The number of aliphatic hydroxyl groups excluding tert-OH is 2. The molecule has 0 spiro atoms. The largest absolute Gasteiger partial charge is 0.508 e. The summed E-state index contributed by atoms with van der Waals surface area (Å²) in [4.78, 5) is 253. The SMILES string of the molecule is CC[C@H](C)[C@H](NC(=O)[C@H](Cc1ccc(O)cc1)NC(=O)[C@H](Cc1cnc[nH]1)NC(=O)[C@H](CO)NC(=O)[C@H](CC(=O)O)NC(=O)[C@H](CCC(N)=O)NC(=O)[C@H](CC(C)C)NC(=O)[C@H](CO)NC(=O)[C@H](CC(C)C)NC(=O)CNC(=O)[C@H](CCC(N)=O)NC(=O)[C@@H]1CCCN1)C(=O)N[C@@H](CCSC)C(=O)N1CCC[C@H]1C(=O)N[C@H](C(=O)O)C(C)C. The van der Waals surface area contributed by atoms with Gasteiger partial charge in [0.05, 0.1) is 38.5 Å². The number of imidazole rings is 1. The molecule has 0 bridgehead atoms. The minimum atomic E-state index is -2.17. The van der Waals surface area contributed by atoms with E-state index in [1.807, 2.05) is 0 Å². The Morgan fingerprint density at radius 1 is 0.542 bits per heavy atom. The van der Waals surface area contributed by atoms with Crippen molar-refractivity contribution in [2.45, 2.75) is 236 Å². The maximum absolute atomic E-state index is 14.8. The number of primary amides is 2. The lowest BCUT2D eigenvalue weighted by Crippen LogP contribution is -2.62. The fourth-order valence-corrected chi connectivity index (χ4v) is 13.3. The maximum Gasteiger partial charge on any atom is 0.326 e. The number of nitrogens with one attached hydrogen (secondary N) is 15. The van der Waals surface area contributed by atoms with Crippen molar-refractivity contribution in [2.24, 2.45) is 35.1 Å². The van der Waals surface area contributed by atoms with Gasteiger partial charge in [0.1, 0.15) is 84.3 Å². The molecular weight excluding hydrogens is 1570 g/mol. The molecule has 2 saturated heterocycles. The highest BCUT2D eigenvalue weighted by Crippen LogP contribution is 2.23. The lowest BCUT2D eigenvalue weighted by Gasteiger charge is -2.32. The van der Waals surface area contributed by atoms with Gasteiger partial charge in [0.2, 0.25) is 94.5 Å². The molecule has 2 aromatic rings. The van der Waals surface area contributed by atoms with E-state index >= 15 is 0 Å². The number of carboxylic acids is 2. The molecule has 16 amide bonds. The highest BCUT2D eigenvalue weighted by molar-refractivity contribution is 7.98. The van der Waals surface area contributed by atoms with Crippen LogP contribution < -0.4 is 85.9 Å². The monoisotopic (exact) mass is 1680 g/mol. The van der Waals surface area contributed by atoms with E-state index in [0.717, 1.165) is 0 Å². The first kappa shape index (κ1) is 99.3. The topological polar surface area (TPSA) is 661 Å². The number of hydrogen-bond acceptors (Lipinski definition) is 24. The normalized spacial score (nSPS) is 17.1. The number of H-pyrrole nitrogens is 1. The van der Waals surface area contributed by atoms with Gasteiger partial charge in [0, 0.05) is 44.1 Å². The number of aliphatic carboxylic acids is 2. The Hall–Kier alpha value is -11.1. The van der Waals surface area contributed by atoms with Crippen molar-refractivity contribution in [3.63, 3.8) is 0 Å². The highest BCUT2D eigenvalue weighted by atomic mass is 32.2. The van der Waals surface area contributed by atoms with Crippen LogP contribution in [0.3, 0.4) is 0 Å². The summed E-state index contributed by atoms with van der Waals surface area (Å²) in [7, 11) is 0. The molecule has 2 aliphatic rings. The molecule has 4 rings (SSSR count). The number of carbonyl (C=O) groups is 18. The number of carbonyl (C=O) groups excluding carboxylic acids is 16. The predicted octanol–water partition coefficient (Wildman–Crippen LogP) is -5.80. The second kappa shape index (κ2) is 49.9. The van der Waals surface area contributed by atoms with Gasteiger partial charge in [0.25, 0.3) is 0 Å². The molecule has 118 heavy (non-hydrogen) atoms. The van der Waals surface area contributed by atoms with E-state index < -0.39 is 254 Å². The Morgan fingerprint density at radius 2 is 1.03 bits per heavy atom. The molecule has 0 saturated carbocycles. The molecule has 2 aliphatic heterocycles. The summed E-state index contributed by atoms with van der Waals surface area (Å²) in [5.41, 5.74) is 11.3. The van der Waals surface area contributed by atoms with Gasteiger partial charge in [-0.15, -0.1) is 0 Å². The summed E-state index contributed by atoms with van der Waals surface area (Å²) in [5.74, 6) is -20.3. The standard InChI is InChI=1S/C75H117N19O23S/c1-10-40(8)61(73(114)85-47(23-26-118-9)74(115)94-25-12-14-55(94)72(113)92-60(39(6)7)75(116)117)93-69(110)50(29-41-15-17-43(97)18-16-41)87-67(108)51(30-42-32-78-36-81-42)88-71(112)54(35-96)91-68(109)52(31-59(101)102)89-64(105)46(20-22-57(77)99)84-66(107)49(28-38(4)5)86-70(111)53(34-95)90-65(106)48(27-37(2)3)82-58(100)33-80-62(103)45(19-21-56(76)98)83-63(104)44-13-11-24-79-44/h15-18,32,36-40,44-55,60-61,79,95-97H,10-14,19-31,33-35H2,1-9H3,(H2,76,98)(H2,77,99)(H,78,81)(H,80,103)(H,82,100)(H,83,104)(H,84,107)(H,85,114)(H,86,111)(H,87,108)(H,88,112)(H,89,105)(H,90,106)(H,91,109)(H,92,113)(H,93,110)(H,101,102)(H,116,117)/t40-,44-,45-,46-,47-,48-,49-,50-,51-,52-,53-,54-,55-,60-,61-/m0/s1. The lowest BCUT2D eigenvalue weighted by atomic mass is 9.96. The van der Waals surface area contributed by atoms with Crippen LogP contribution in [-0.4, -0.2) is 276 Å². The van der Waals surface area contributed by atoms with Crippen LogP contribution in [0.15, 0.2) is 36.8 Å². The van der Waals surface area contributed by atoms with Crippen molar-refractivity contribution in [1.82, 2.24) is 89.3 Å². The third-order valence-corrected chi connectivity index (χ3v) is 20.1. The summed E-state index contributed by atoms with van der Waals surface area (Å²) in [6.45, 7) is 10.8. The van der Waals surface area contributed by atoms with Crippen molar-refractivity contribution >= 4 is 118 Å². The number of thioether (sulfide) groups is 1. The quantitative estimate of drug-likeness (QED) is 0.0293. The molecule has 1 aromatic heterocycles. The van der Waals surface area contributed by atoms with E-state index in [2.05, 4.69) is 84.4 Å². The molecular formula is C75H117N19O23S. The first-order valence-electron chi connectivity index (χ1n) is 39.1. The first-order valence-corrected chi connectivity index (χ1v) is 40.5. The number of phenolic OH excluding ortho intramolecular Hbond substituents is 1. The van der Waals surface area contributed by atoms with Crippen LogP contribution >= 0.6 is 11.8 Å². The average molecular weight is 1680 g/mol. The Labute approximate surface area is 686 Å². The lowest BCUT2D eigenvalue weighted by molar-refractivity contribution is -0.146. The molecule has 1 aromatic carbocycles. The zero-order valence-electron chi connectivity index (χ0n) is 67.7. The fourth-order valence-electron chi connectivity index (χ4n) is 12.8. The van der Waals surface area contributed by atoms with Crippen LogP contribution in [0.4, 0.5) is 0 Å². The Kier molecular flexibility index (Phi) is 42.0. The van der Waals surface area contributed by atoms with Crippen molar-refractivity contribution in [3.05, 3.63) is 48.0 Å². The minimum Gasteiger partial charge on any atom is -0.508 e. The van der Waals surface area contributed by atoms with Gasteiger partial charge in [0.15, 0.2) is 0 Å². The zero-order chi connectivity index (χ0) is 88.2. The first-order chi connectivity index (χ1) is 55.7. The number of nitrogens with zero attached hydrogens (tertiary/aromatic N) is 2. The van der Waals surface area contributed by atoms with E-state index in [9.17, 15) is 112 Å². The van der Waals surface area contributed by atoms with Gasteiger partial charge in [-0.3, -0.25) is 81.5 Å². The number of hydrogen-bond donors (Lipinski definition) is 22. The highest BCUT2D eigenvalue weighted by Gasteiger charge is 2.43. The van der Waals surface area contributed by atoms with Gasteiger partial charge in [-0.05, 0) is 118 Å². The number of aliphatic hydroxyl groups is 2. The van der Waals surface area contributed by atoms with Crippen molar-refractivity contribution in [1.29, 1.82) is 0 Å². The van der Waals surface area contributed by atoms with Crippen molar-refractivity contribution in [2.75, 3.05) is 44.9 Å². The third kappa shape index (κ3) is 33.5. The molecule has 43 heteroatoms. The number of benzene rings is 1. The smallest absolute Gasteiger partial charge is 0.326 e. The minimum absolute atomic E-state index is 0.0585. The second-order valence-electron chi connectivity index (χ2n) is 30.3. The molecule has 656 valence electrons. The Bertz CT molecular complexity index is 3790. The van der Waals surface area contributed by atoms with E-state index in [4.69, 9.17) is 11.5 Å². The number of carboxylic acid groups (broad SMARTS) is 2. The second-order valence-corrected chi connectivity index (χ2v) is 31.3. The van der Waals surface area contributed by atoms with Gasteiger partial charge >= 0.3 is 11.9 Å². The fraction of sp³-hybridized carbons (Fsp3) is 0.640. The van der Waals surface area contributed by atoms with Crippen molar-refractivity contribution < 1.29 is 112 Å². The molecule has 24 N–H and O–H groups in total. The Balaban J connectivity index is 1.55. The number of nitrogens with two attached hydrogens (primary N) is 2. The number of likely N-dealkylation sites (tertiary alicyclic amines) is 1. The number of aromatic amines is 1.